The first-order valence-corrected chi connectivity index (χ1v) is 6.97. The summed E-state index contributed by atoms with van der Waals surface area (Å²) in [4.78, 5) is 4.18. The van der Waals surface area contributed by atoms with E-state index in [0.29, 0.717) is 6.04 Å². The molecule has 0 aliphatic rings. The zero-order chi connectivity index (χ0) is 13.7. The van der Waals surface area contributed by atoms with E-state index in [4.69, 9.17) is 0 Å². The zero-order valence-electron chi connectivity index (χ0n) is 12.0. The van der Waals surface area contributed by atoms with Crippen LogP contribution in [0.15, 0.2) is 42.7 Å². The molecular weight excluding hydrogens is 232 g/mol. The van der Waals surface area contributed by atoms with Gasteiger partial charge in [-0.25, -0.2) is 0 Å². The molecule has 19 heavy (non-hydrogen) atoms. The number of hydrogen-bond acceptors (Lipinski definition) is 2. The lowest BCUT2D eigenvalue weighted by Crippen LogP contribution is -2.19. The molecule has 1 heterocycles. The van der Waals surface area contributed by atoms with Gasteiger partial charge in [-0.1, -0.05) is 31.2 Å². The third-order valence-corrected chi connectivity index (χ3v) is 3.44. The van der Waals surface area contributed by atoms with Crippen molar-refractivity contribution in [2.75, 3.05) is 6.54 Å². The summed E-state index contributed by atoms with van der Waals surface area (Å²) in [5.41, 5.74) is 5.15. The number of aromatic nitrogens is 1. The highest BCUT2D eigenvalue weighted by atomic mass is 14.9. The zero-order valence-corrected chi connectivity index (χ0v) is 12.0. The maximum atomic E-state index is 4.18. The Morgan fingerprint density at radius 3 is 2.68 bits per heavy atom. The summed E-state index contributed by atoms with van der Waals surface area (Å²) in [6.07, 6.45) is 4.94. The Bertz CT molecular complexity index is 534. The molecular formula is C17H22N2. The number of hydrogen-bond donors (Lipinski definition) is 1. The maximum absolute atomic E-state index is 4.18. The van der Waals surface area contributed by atoms with Crippen LogP contribution in [0.2, 0.25) is 0 Å². The van der Waals surface area contributed by atoms with E-state index in [2.05, 4.69) is 61.4 Å². The highest BCUT2D eigenvalue weighted by molar-refractivity contribution is 5.70. The number of nitrogens with zero attached hydrogens (tertiary/aromatic N) is 1. The third-order valence-electron chi connectivity index (χ3n) is 3.44. The second kappa shape index (κ2) is 6.48. The molecule has 0 bridgehead atoms. The van der Waals surface area contributed by atoms with Crippen LogP contribution < -0.4 is 5.32 Å². The van der Waals surface area contributed by atoms with E-state index in [1.54, 1.807) is 0 Å². The van der Waals surface area contributed by atoms with Crippen molar-refractivity contribution in [3.8, 4) is 11.1 Å². The van der Waals surface area contributed by atoms with E-state index in [-0.39, 0.29) is 0 Å². The van der Waals surface area contributed by atoms with E-state index in [0.717, 1.165) is 13.0 Å². The first kappa shape index (κ1) is 13.8. The maximum Gasteiger partial charge on any atom is 0.0303 e. The second-order valence-corrected chi connectivity index (χ2v) is 4.95. The minimum Gasteiger partial charge on any atom is -0.310 e. The summed E-state index contributed by atoms with van der Waals surface area (Å²) in [5.74, 6) is 0. The van der Waals surface area contributed by atoms with Crippen LogP contribution in [0.1, 0.15) is 37.4 Å². The number of benzene rings is 1. The molecule has 2 nitrogen and oxygen atoms in total. The molecule has 0 spiro atoms. The van der Waals surface area contributed by atoms with Crippen LogP contribution >= 0.6 is 0 Å². The van der Waals surface area contributed by atoms with Crippen LogP contribution in [-0.2, 0) is 0 Å². The van der Waals surface area contributed by atoms with Gasteiger partial charge in [0.1, 0.15) is 0 Å². The van der Waals surface area contributed by atoms with Gasteiger partial charge in [-0.05, 0) is 55.1 Å². The monoisotopic (exact) mass is 254 g/mol. The Hall–Kier alpha value is -1.67. The van der Waals surface area contributed by atoms with Gasteiger partial charge in [-0.2, -0.15) is 0 Å². The summed E-state index contributed by atoms with van der Waals surface area (Å²) in [5, 5.41) is 3.56. The molecule has 2 aromatic rings. The summed E-state index contributed by atoms with van der Waals surface area (Å²) in [6, 6.07) is 11.1. The molecule has 0 saturated carbocycles. The van der Waals surface area contributed by atoms with Crippen molar-refractivity contribution in [3.63, 3.8) is 0 Å². The van der Waals surface area contributed by atoms with E-state index in [9.17, 15) is 0 Å². The molecule has 0 fully saturated rings. The van der Waals surface area contributed by atoms with Crippen LogP contribution in [-0.4, -0.2) is 11.5 Å². The average molecular weight is 254 g/mol. The molecule has 1 unspecified atom stereocenters. The van der Waals surface area contributed by atoms with Gasteiger partial charge in [0.05, 0.1) is 0 Å². The average Bonchev–Trinajstić information content (AvgIpc) is 2.45. The van der Waals surface area contributed by atoms with Gasteiger partial charge in [0, 0.05) is 18.4 Å². The molecule has 1 aromatic carbocycles. The first-order valence-electron chi connectivity index (χ1n) is 6.97. The van der Waals surface area contributed by atoms with Gasteiger partial charge in [0.2, 0.25) is 0 Å². The van der Waals surface area contributed by atoms with Gasteiger partial charge in [-0.15, -0.1) is 0 Å². The lowest BCUT2D eigenvalue weighted by atomic mass is 9.94. The summed E-state index contributed by atoms with van der Waals surface area (Å²) < 4.78 is 0. The van der Waals surface area contributed by atoms with Crippen LogP contribution in [0.25, 0.3) is 11.1 Å². The molecule has 1 atom stereocenters. The van der Waals surface area contributed by atoms with Gasteiger partial charge in [0.15, 0.2) is 0 Å². The van der Waals surface area contributed by atoms with Crippen molar-refractivity contribution < 1.29 is 0 Å². The Kier molecular flexibility index (Phi) is 4.69. The van der Waals surface area contributed by atoms with Gasteiger partial charge in [-0.3, -0.25) is 4.98 Å². The molecule has 0 amide bonds. The highest BCUT2D eigenvalue weighted by Gasteiger charge is 2.12. The Labute approximate surface area is 115 Å². The highest BCUT2D eigenvalue weighted by Crippen LogP contribution is 2.29. The summed E-state index contributed by atoms with van der Waals surface area (Å²) >= 11 is 0. The summed E-state index contributed by atoms with van der Waals surface area (Å²) in [7, 11) is 0. The van der Waals surface area contributed by atoms with Crippen molar-refractivity contribution in [1.82, 2.24) is 10.3 Å². The number of pyridine rings is 1. The standard InChI is InChI=1S/C17H22N2/c1-4-10-19-14(3)16-7-5-6-8-17(16)15-9-11-18-12-13(15)2/h5-9,11-12,14,19H,4,10H2,1-3H3. The molecule has 1 N–H and O–H groups in total. The second-order valence-electron chi connectivity index (χ2n) is 4.95. The Morgan fingerprint density at radius 1 is 1.16 bits per heavy atom. The van der Waals surface area contributed by atoms with Crippen molar-refractivity contribution in [2.24, 2.45) is 0 Å². The normalized spacial score (nSPS) is 12.4. The van der Waals surface area contributed by atoms with Crippen molar-refractivity contribution >= 4 is 0 Å². The fourth-order valence-electron chi connectivity index (χ4n) is 2.37. The summed E-state index contributed by atoms with van der Waals surface area (Å²) in [6.45, 7) is 7.58. The van der Waals surface area contributed by atoms with E-state index < -0.39 is 0 Å². The number of aryl methyl sites for hydroxylation is 1. The lowest BCUT2D eigenvalue weighted by Gasteiger charge is -2.18. The molecule has 2 rings (SSSR count). The van der Waals surface area contributed by atoms with Gasteiger partial charge < -0.3 is 5.32 Å². The molecule has 2 heteroatoms. The first-order chi connectivity index (χ1) is 9.24. The van der Waals surface area contributed by atoms with Gasteiger partial charge >= 0.3 is 0 Å². The van der Waals surface area contributed by atoms with Crippen LogP contribution in [0.5, 0.6) is 0 Å². The van der Waals surface area contributed by atoms with Crippen molar-refractivity contribution in [1.29, 1.82) is 0 Å². The molecule has 100 valence electrons. The van der Waals surface area contributed by atoms with Crippen LogP contribution in [0.4, 0.5) is 0 Å². The fraction of sp³-hybridized carbons (Fsp3) is 0.353. The van der Waals surface area contributed by atoms with Crippen molar-refractivity contribution in [2.45, 2.75) is 33.2 Å². The van der Waals surface area contributed by atoms with Crippen LogP contribution in [0, 0.1) is 6.92 Å². The topological polar surface area (TPSA) is 24.9 Å². The molecule has 0 saturated heterocycles. The van der Waals surface area contributed by atoms with E-state index in [1.165, 1.54) is 22.3 Å². The van der Waals surface area contributed by atoms with Crippen LogP contribution in [0.3, 0.4) is 0 Å². The predicted octanol–water partition coefficient (Wildman–Crippen LogP) is 4.12. The third kappa shape index (κ3) is 3.21. The minimum atomic E-state index is 0.365. The predicted molar refractivity (Wildman–Crippen MR) is 81.1 cm³/mol. The minimum absolute atomic E-state index is 0.365. The lowest BCUT2D eigenvalue weighted by molar-refractivity contribution is 0.571. The molecule has 0 radical (unpaired) electrons. The van der Waals surface area contributed by atoms with E-state index >= 15 is 0 Å². The fourth-order valence-corrected chi connectivity index (χ4v) is 2.37. The Morgan fingerprint density at radius 2 is 1.95 bits per heavy atom. The number of rotatable bonds is 5. The Balaban J connectivity index is 2.39. The van der Waals surface area contributed by atoms with Crippen molar-refractivity contribution in [3.05, 3.63) is 53.9 Å². The SMILES string of the molecule is CCCNC(C)c1ccccc1-c1ccncc1C. The largest absolute Gasteiger partial charge is 0.310 e. The quantitative estimate of drug-likeness (QED) is 0.868. The molecule has 0 aliphatic carbocycles. The number of nitrogens with one attached hydrogen (secondary N) is 1. The molecule has 1 aromatic heterocycles. The van der Waals surface area contributed by atoms with E-state index in [1.807, 2.05) is 12.4 Å². The smallest absolute Gasteiger partial charge is 0.0303 e. The van der Waals surface area contributed by atoms with Gasteiger partial charge in [0.25, 0.3) is 0 Å². The molecule has 0 aliphatic heterocycles.